The molecular formula is C15H23ClN2O. The van der Waals surface area contributed by atoms with Crippen LogP contribution in [0.1, 0.15) is 31.9 Å². The third-order valence-corrected chi connectivity index (χ3v) is 3.85. The summed E-state index contributed by atoms with van der Waals surface area (Å²) in [7, 11) is 0. The monoisotopic (exact) mass is 282 g/mol. The maximum Gasteiger partial charge on any atom is 0.0642 e. The highest BCUT2D eigenvalue weighted by molar-refractivity contribution is 6.33. The maximum atomic E-state index is 6.45. The van der Waals surface area contributed by atoms with Gasteiger partial charge in [-0.1, -0.05) is 24.6 Å². The van der Waals surface area contributed by atoms with Gasteiger partial charge in [-0.05, 0) is 37.6 Å². The van der Waals surface area contributed by atoms with Gasteiger partial charge in [-0.3, -0.25) is 0 Å². The first-order valence-electron chi connectivity index (χ1n) is 7.08. The van der Waals surface area contributed by atoms with Crippen LogP contribution in [0.4, 0.5) is 5.69 Å². The highest BCUT2D eigenvalue weighted by Gasteiger charge is 2.14. The summed E-state index contributed by atoms with van der Waals surface area (Å²) in [5, 5.41) is 4.24. The molecule has 1 saturated heterocycles. The highest BCUT2D eigenvalue weighted by Crippen LogP contribution is 2.29. The van der Waals surface area contributed by atoms with Gasteiger partial charge in [0.2, 0.25) is 0 Å². The normalized spacial score (nSPS) is 18.2. The molecule has 0 aromatic heterocycles. The van der Waals surface area contributed by atoms with Crippen molar-refractivity contribution in [1.29, 1.82) is 0 Å². The summed E-state index contributed by atoms with van der Waals surface area (Å²) in [4.78, 5) is 2.32. The molecule has 0 aliphatic carbocycles. The van der Waals surface area contributed by atoms with Crippen molar-refractivity contribution in [2.24, 2.45) is 0 Å². The van der Waals surface area contributed by atoms with E-state index in [0.29, 0.717) is 6.04 Å². The number of nitrogens with one attached hydrogen (secondary N) is 1. The van der Waals surface area contributed by atoms with Crippen molar-refractivity contribution >= 4 is 17.3 Å². The van der Waals surface area contributed by atoms with Crippen molar-refractivity contribution in [2.75, 3.05) is 37.7 Å². The summed E-state index contributed by atoms with van der Waals surface area (Å²) >= 11 is 6.45. The molecule has 0 bridgehead atoms. The van der Waals surface area contributed by atoms with E-state index in [1.54, 1.807) is 0 Å². The van der Waals surface area contributed by atoms with E-state index < -0.39 is 0 Å². The molecule has 1 aliphatic rings. The fourth-order valence-electron chi connectivity index (χ4n) is 2.46. The van der Waals surface area contributed by atoms with Crippen molar-refractivity contribution in [2.45, 2.75) is 26.3 Å². The number of ether oxygens (including phenoxy) is 1. The summed E-state index contributed by atoms with van der Waals surface area (Å²) in [6.07, 6.45) is 1.06. The van der Waals surface area contributed by atoms with Gasteiger partial charge in [0.15, 0.2) is 0 Å². The Balaban J connectivity index is 2.13. The van der Waals surface area contributed by atoms with Crippen LogP contribution in [0.5, 0.6) is 0 Å². The van der Waals surface area contributed by atoms with E-state index >= 15 is 0 Å². The Morgan fingerprint density at radius 1 is 1.37 bits per heavy atom. The fourth-order valence-corrected chi connectivity index (χ4v) is 2.77. The van der Waals surface area contributed by atoms with Crippen LogP contribution in [0.2, 0.25) is 5.02 Å². The summed E-state index contributed by atoms with van der Waals surface area (Å²) in [6.45, 7) is 8.81. The first-order valence-corrected chi connectivity index (χ1v) is 7.45. The molecule has 0 spiro atoms. The first-order chi connectivity index (χ1) is 9.22. The van der Waals surface area contributed by atoms with Gasteiger partial charge in [0.25, 0.3) is 0 Å². The summed E-state index contributed by atoms with van der Waals surface area (Å²) in [5.74, 6) is 0. The van der Waals surface area contributed by atoms with Crippen molar-refractivity contribution in [3.05, 3.63) is 28.8 Å². The first kappa shape index (κ1) is 14.6. The number of anilines is 1. The van der Waals surface area contributed by atoms with E-state index in [0.717, 1.165) is 50.0 Å². The van der Waals surface area contributed by atoms with Gasteiger partial charge in [0.1, 0.15) is 0 Å². The predicted octanol–water partition coefficient (Wildman–Crippen LogP) is 3.24. The summed E-state index contributed by atoms with van der Waals surface area (Å²) in [6, 6.07) is 6.72. The zero-order chi connectivity index (χ0) is 13.7. The molecule has 106 valence electrons. The Morgan fingerprint density at radius 3 is 2.95 bits per heavy atom. The van der Waals surface area contributed by atoms with E-state index in [9.17, 15) is 0 Å². The molecule has 3 nitrogen and oxygen atoms in total. The van der Waals surface area contributed by atoms with E-state index in [1.807, 2.05) is 0 Å². The Bertz CT molecular complexity index is 403. The maximum absolute atomic E-state index is 6.45. The van der Waals surface area contributed by atoms with Gasteiger partial charge >= 0.3 is 0 Å². The molecular weight excluding hydrogens is 260 g/mol. The van der Waals surface area contributed by atoms with Crippen molar-refractivity contribution in [3.63, 3.8) is 0 Å². The molecule has 1 atom stereocenters. The second-order valence-corrected chi connectivity index (χ2v) is 5.35. The van der Waals surface area contributed by atoms with E-state index in [4.69, 9.17) is 16.3 Å². The minimum absolute atomic E-state index is 0.337. The number of benzene rings is 1. The van der Waals surface area contributed by atoms with Crippen LogP contribution in [0.3, 0.4) is 0 Å². The van der Waals surface area contributed by atoms with Gasteiger partial charge in [-0.15, -0.1) is 0 Å². The van der Waals surface area contributed by atoms with E-state index in [1.165, 1.54) is 5.56 Å². The van der Waals surface area contributed by atoms with Crippen LogP contribution in [0, 0.1) is 0 Å². The van der Waals surface area contributed by atoms with E-state index in [2.05, 4.69) is 42.3 Å². The average Bonchev–Trinajstić information content (AvgIpc) is 2.67. The molecule has 1 aromatic rings. The van der Waals surface area contributed by atoms with Gasteiger partial charge in [0.05, 0.1) is 17.3 Å². The number of hydrogen-bond acceptors (Lipinski definition) is 3. The largest absolute Gasteiger partial charge is 0.380 e. The molecule has 0 amide bonds. The van der Waals surface area contributed by atoms with Gasteiger partial charge in [0, 0.05) is 25.7 Å². The standard InChI is InChI=1S/C15H23ClN2O/c1-3-17-12(2)13-5-6-15(14(16)11-13)18-7-4-9-19-10-8-18/h5-6,11-12,17H,3-4,7-10H2,1-2H3. The molecule has 19 heavy (non-hydrogen) atoms. The van der Waals surface area contributed by atoms with Crippen LogP contribution < -0.4 is 10.2 Å². The second kappa shape index (κ2) is 7.13. The van der Waals surface area contributed by atoms with Crippen LogP contribution in [0.25, 0.3) is 0 Å². The lowest BCUT2D eigenvalue weighted by Gasteiger charge is -2.24. The van der Waals surface area contributed by atoms with Gasteiger partial charge in [-0.25, -0.2) is 0 Å². The third-order valence-electron chi connectivity index (χ3n) is 3.54. The molecule has 1 fully saturated rings. The Hall–Kier alpha value is -0.770. The van der Waals surface area contributed by atoms with Crippen molar-refractivity contribution < 1.29 is 4.74 Å². The molecule has 1 N–H and O–H groups in total. The van der Waals surface area contributed by atoms with Crippen LogP contribution in [-0.4, -0.2) is 32.8 Å². The fraction of sp³-hybridized carbons (Fsp3) is 0.600. The lowest BCUT2D eigenvalue weighted by molar-refractivity contribution is 0.152. The quantitative estimate of drug-likeness (QED) is 0.918. The zero-order valence-electron chi connectivity index (χ0n) is 11.8. The van der Waals surface area contributed by atoms with Crippen molar-refractivity contribution in [1.82, 2.24) is 5.32 Å². The Morgan fingerprint density at radius 2 is 2.21 bits per heavy atom. The predicted molar refractivity (Wildman–Crippen MR) is 81.2 cm³/mol. The minimum Gasteiger partial charge on any atom is -0.380 e. The van der Waals surface area contributed by atoms with E-state index in [-0.39, 0.29) is 0 Å². The topological polar surface area (TPSA) is 24.5 Å². The molecule has 1 heterocycles. The minimum atomic E-state index is 0.337. The summed E-state index contributed by atoms with van der Waals surface area (Å²) < 4.78 is 5.49. The SMILES string of the molecule is CCNC(C)c1ccc(N2CCCOCC2)c(Cl)c1. The van der Waals surface area contributed by atoms with Crippen molar-refractivity contribution in [3.8, 4) is 0 Å². The zero-order valence-corrected chi connectivity index (χ0v) is 12.5. The van der Waals surface area contributed by atoms with Crippen LogP contribution in [0.15, 0.2) is 18.2 Å². The highest BCUT2D eigenvalue weighted by atomic mass is 35.5. The number of nitrogens with zero attached hydrogens (tertiary/aromatic N) is 1. The van der Waals surface area contributed by atoms with Gasteiger partial charge in [-0.2, -0.15) is 0 Å². The number of rotatable bonds is 4. The number of hydrogen-bond donors (Lipinski definition) is 1. The molecule has 1 aliphatic heterocycles. The van der Waals surface area contributed by atoms with Crippen LogP contribution >= 0.6 is 11.6 Å². The molecule has 4 heteroatoms. The Kier molecular flexibility index (Phi) is 5.49. The van der Waals surface area contributed by atoms with Crippen LogP contribution in [-0.2, 0) is 4.74 Å². The number of halogens is 1. The second-order valence-electron chi connectivity index (χ2n) is 4.94. The molecule has 1 aromatic carbocycles. The lowest BCUT2D eigenvalue weighted by Crippen LogP contribution is -2.26. The third kappa shape index (κ3) is 3.85. The molecule has 0 saturated carbocycles. The molecule has 1 unspecified atom stereocenters. The lowest BCUT2D eigenvalue weighted by atomic mass is 10.1. The average molecular weight is 283 g/mol. The molecule has 2 rings (SSSR count). The summed E-state index contributed by atoms with van der Waals surface area (Å²) in [5.41, 5.74) is 2.36. The molecule has 0 radical (unpaired) electrons. The Labute approximate surface area is 120 Å². The smallest absolute Gasteiger partial charge is 0.0642 e. The van der Waals surface area contributed by atoms with Gasteiger partial charge < -0.3 is 15.0 Å².